The topological polar surface area (TPSA) is 92.3 Å². The molecule has 0 atom stereocenters. The summed E-state index contributed by atoms with van der Waals surface area (Å²) >= 11 is 0. The first kappa shape index (κ1) is 11.4. The van der Waals surface area contributed by atoms with Crippen LogP contribution in [0, 0.1) is 0 Å². The maximum atomic E-state index is 11.7. The second-order valence-electron chi connectivity index (χ2n) is 2.95. The first-order valence-electron chi connectivity index (χ1n) is 4.68. The van der Waals surface area contributed by atoms with Gasteiger partial charge in [-0.05, 0) is 19.1 Å². The molecule has 0 bridgehead atoms. The fraction of sp³-hybridized carbons (Fsp3) is 0.444. The summed E-state index contributed by atoms with van der Waals surface area (Å²) in [6.07, 6.45) is 0. The summed E-state index contributed by atoms with van der Waals surface area (Å²) in [5.74, 6) is 0.0239. The number of aromatic nitrogens is 2. The van der Waals surface area contributed by atoms with E-state index in [0.29, 0.717) is 13.1 Å². The molecule has 0 aliphatic rings. The van der Waals surface area contributed by atoms with Gasteiger partial charge in [-0.1, -0.05) is 0 Å². The van der Waals surface area contributed by atoms with Gasteiger partial charge in [0.05, 0.1) is 6.61 Å². The Kier molecular flexibility index (Phi) is 3.99. The van der Waals surface area contributed by atoms with Crippen molar-refractivity contribution in [3.05, 3.63) is 17.8 Å². The molecule has 0 radical (unpaired) electrons. The Morgan fingerprint density at radius 2 is 2.27 bits per heavy atom. The van der Waals surface area contributed by atoms with Gasteiger partial charge in [-0.3, -0.25) is 4.79 Å². The average Bonchev–Trinajstić information content (AvgIpc) is 2.26. The molecular formula is C9H14N4O2. The van der Waals surface area contributed by atoms with E-state index in [-0.39, 0.29) is 24.0 Å². The molecular weight excluding hydrogens is 196 g/mol. The highest BCUT2D eigenvalue weighted by Gasteiger charge is 2.14. The molecule has 6 heteroatoms. The average molecular weight is 210 g/mol. The minimum absolute atomic E-state index is 0.0675. The molecule has 15 heavy (non-hydrogen) atoms. The summed E-state index contributed by atoms with van der Waals surface area (Å²) in [4.78, 5) is 13.2. The first-order valence-corrected chi connectivity index (χ1v) is 4.68. The lowest BCUT2D eigenvalue weighted by atomic mass is 10.3. The van der Waals surface area contributed by atoms with E-state index in [1.807, 2.05) is 6.92 Å². The van der Waals surface area contributed by atoms with E-state index in [4.69, 9.17) is 10.8 Å². The van der Waals surface area contributed by atoms with Crippen LogP contribution in [0.1, 0.15) is 17.4 Å². The number of aliphatic hydroxyl groups excluding tert-OH is 1. The number of likely N-dealkylation sites (N-methyl/N-ethyl adjacent to an activating group) is 1. The monoisotopic (exact) mass is 210 g/mol. The highest BCUT2D eigenvalue weighted by Crippen LogP contribution is 2.02. The third kappa shape index (κ3) is 2.88. The van der Waals surface area contributed by atoms with E-state index in [9.17, 15) is 4.79 Å². The second-order valence-corrected chi connectivity index (χ2v) is 2.95. The van der Waals surface area contributed by atoms with Crippen LogP contribution in [-0.4, -0.2) is 45.8 Å². The first-order chi connectivity index (χ1) is 7.19. The van der Waals surface area contributed by atoms with Crippen molar-refractivity contribution < 1.29 is 9.90 Å². The van der Waals surface area contributed by atoms with Gasteiger partial charge < -0.3 is 15.7 Å². The zero-order valence-electron chi connectivity index (χ0n) is 8.55. The summed E-state index contributed by atoms with van der Waals surface area (Å²) in [5, 5.41) is 16.0. The number of aliphatic hydroxyl groups is 1. The number of carbonyl (C=O) groups is 1. The quantitative estimate of drug-likeness (QED) is 0.699. The number of rotatable bonds is 4. The Morgan fingerprint density at radius 1 is 1.53 bits per heavy atom. The molecule has 1 rings (SSSR count). The summed E-state index contributed by atoms with van der Waals surface area (Å²) < 4.78 is 0. The lowest BCUT2D eigenvalue weighted by Gasteiger charge is -2.18. The van der Waals surface area contributed by atoms with Crippen molar-refractivity contribution in [2.24, 2.45) is 0 Å². The van der Waals surface area contributed by atoms with Gasteiger partial charge in [0, 0.05) is 13.1 Å². The van der Waals surface area contributed by atoms with Crippen LogP contribution >= 0.6 is 0 Å². The van der Waals surface area contributed by atoms with Gasteiger partial charge in [-0.15, -0.1) is 10.2 Å². The van der Waals surface area contributed by atoms with Crippen molar-refractivity contribution in [3.63, 3.8) is 0 Å². The van der Waals surface area contributed by atoms with Gasteiger partial charge in [0.1, 0.15) is 5.82 Å². The Balaban J connectivity index is 2.78. The van der Waals surface area contributed by atoms with Gasteiger partial charge in [0.2, 0.25) is 0 Å². The largest absolute Gasteiger partial charge is 0.395 e. The Labute approximate surface area is 87.7 Å². The molecule has 0 saturated heterocycles. The normalized spacial score (nSPS) is 10.0. The van der Waals surface area contributed by atoms with Gasteiger partial charge in [-0.2, -0.15) is 0 Å². The van der Waals surface area contributed by atoms with E-state index in [2.05, 4.69) is 10.2 Å². The molecule has 82 valence electrons. The van der Waals surface area contributed by atoms with E-state index in [1.54, 1.807) is 0 Å². The molecule has 3 N–H and O–H groups in total. The van der Waals surface area contributed by atoms with Crippen molar-refractivity contribution in [1.82, 2.24) is 15.1 Å². The SMILES string of the molecule is CCN(CCO)C(=O)c1ccc(N)nn1. The van der Waals surface area contributed by atoms with Crippen LogP contribution in [0.3, 0.4) is 0 Å². The molecule has 0 aromatic carbocycles. The van der Waals surface area contributed by atoms with Crippen LogP contribution in [0.25, 0.3) is 0 Å². The molecule has 0 spiro atoms. The molecule has 0 aliphatic heterocycles. The zero-order valence-corrected chi connectivity index (χ0v) is 8.55. The van der Waals surface area contributed by atoms with Crippen LogP contribution < -0.4 is 5.73 Å². The van der Waals surface area contributed by atoms with E-state index >= 15 is 0 Å². The van der Waals surface area contributed by atoms with E-state index < -0.39 is 0 Å². The zero-order chi connectivity index (χ0) is 11.3. The molecule has 1 amide bonds. The number of nitrogens with two attached hydrogens (primary N) is 1. The highest BCUT2D eigenvalue weighted by atomic mass is 16.3. The predicted molar refractivity (Wildman–Crippen MR) is 55.1 cm³/mol. The number of amides is 1. The standard InChI is InChI=1S/C9H14N4O2/c1-2-13(5-6-14)9(15)7-3-4-8(10)12-11-7/h3-4,14H,2,5-6H2,1H3,(H2,10,12). The molecule has 0 unspecified atom stereocenters. The molecule has 0 saturated carbocycles. The number of nitrogen functional groups attached to an aromatic ring is 1. The smallest absolute Gasteiger partial charge is 0.274 e. The fourth-order valence-electron chi connectivity index (χ4n) is 1.14. The number of hydrogen-bond donors (Lipinski definition) is 2. The maximum Gasteiger partial charge on any atom is 0.274 e. The fourth-order valence-corrected chi connectivity index (χ4v) is 1.14. The molecule has 1 aromatic rings. The summed E-state index contributed by atoms with van der Waals surface area (Å²) in [6.45, 7) is 2.58. The number of carbonyl (C=O) groups excluding carboxylic acids is 1. The number of anilines is 1. The Bertz CT molecular complexity index is 325. The van der Waals surface area contributed by atoms with Crippen molar-refractivity contribution in [2.45, 2.75) is 6.92 Å². The number of nitrogens with zero attached hydrogens (tertiary/aromatic N) is 3. The van der Waals surface area contributed by atoms with Crippen LogP contribution in [0.5, 0.6) is 0 Å². The summed E-state index contributed by atoms with van der Waals surface area (Å²) in [7, 11) is 0. The Morgan fingerprint density at radius 3 is 2.73 bits per heavy atom. The van der Waals surface area contributed by atoms with Crippen LogP contribution in [0.2, 0.25) is 0 Å². The molecule has 1 aromatic heterocycles. The van der Waals surface area contributed by atoms with Crippen molar-refractivity contribution >= 4 is 11.7 Å². The lowest BCUT2D eigenvalue weighted by molar-refractivity contribution is 0.0725. The third-order valence-corrected chi connectivity index (χ3v) is 1.94. The van der Waals surface area contributed by atoms with Gasteiger partial charge in [0.25, 0.3) is 5.91 Å². The predicted octanol–water partition coefficient (Wildman–Crippen LogP) is -0.487. The van der Waals surface area contributed by atoms with Gasteiger partial charge in [-0.25, -0.2) is 0 Å². The van der Waals surface area contributed by atoms with Crippen LogP contribution in [0.15, 0.2) is 12.1 Å². The maximum absolute atomic E-state index is 11.7. The summed E-state index contributed by atoms with van der Waals surface area (Å²) in [6, 6.07) is 3.04. The molecule has 6 nitrogen and oxygen atoms in total. The van der Waals surface area contributed by atoms with Crippen molar-refractivity contribution in [3.8, 4) is 0 Å². The van der Waals surface area contributed by atoms with E-state index in [0.717, 1.165) is 0 Å². The minimum atomic E-state index is -0.251. The number of hydrogen-bond acceptors (Lipinski definition) is 5. The highest BCUT2D eigenvalue weighted by molar-refractivity contribution is 5.92. The second kappa shape index (κ2) is 5.26. The van der Waals surface area contributed by atoms with E-state index in [1.165, 1.54) is 17.0 Å². The van der Waals surface area contributed by atoms with Gasteiger partial charge >= 0.3 is 0 Å². The lowest BCUT2D eigenvalue weighted by Crippen LogP contribution is -2.34. The van der Waals surface area contributed by atoms with Crippen LogP contribution in [-0.2, 0) is 0 Å². The molecule has 0 fully saturated rings. The minimum Gasteiger partial charge on any atom is -0.395 e. The van der Waals surface area contributed by atoms with Crippen LogP contribution in [0.4, 0.5) is 5.82 Å². The molecule has 0 aliphatic carbocycles. The summed E-state index contributed by atoms with van der Waals surface area (Å²) in [5.41, 5.74) is 5.59. The van der Waals surface area contributed by atoms with Gasteiger partial charge in [0.15, 0.2) is 5.69 Å². The molecule has 1 heterocycles. The third-order valence-electron chi connectivity index (χ3n) is 1.94. The Hall–Kier alpha value is -1.69. The van der Waals surface area contributed by atoms with Crippen molar-refractivity contribution in [2.75, 3.05) is 25.4 Å². The van der Waals surface area contributed by atoms with Crippen molar-refractivity contribution in [1.29, 1.82) is 0 Å².